The number of sulfonamides is 1. The van der Waals surface area contributed by atoms with Gasteiger partial charge in [-0.1, -0.05) is 23.8 Å². The van der Waals surface area contributed by atoms with Crippen LogP contribution in [0, 0.1) is 20.8 Å². The highest BCUT2D eigenvalue weighted by molar-refractivity contribution is 7.89. The summed E-state index contributed by atoms with van der Waals surface area (Å²) in [6, 6.07) is 9.90. The molecule has 27 heavy (non-hydrogen) atoms. The molecule has 0 atom stereocenters. The molecule has 0 aliphatic rings. The number of rotatable bonds is 6. The van der Waals surface area contributed by atoms with Crippen LogP contribution < -0.4 is 10.0 Å². The second-order valence-corrected chi connectivity index (χ2v) is 7.99. The van der Waals surface area contributed by atoms with E-state index in [0.29, 0.717) is 16.8 Å². The third-order valence-corrected chi connectivity index (χ3v) is 5.53. The van der Waals surface area contributed by atoms with Crippen LogP contribution in [0.5, 0.6) is 0 Å². The van der Waals surface area contributed by atoms with Gasteiger partial charge in [0, 0.05) is 5.69 Å². The number of hydrogen-bond donors (Lipinski definition) is 2. The first kappa shape index (κ1) is 20.6. The Kier molecular flexibility index (Phi) is 6.35. The van der Waals surface area contributed by atoms with Crippen molar-refractivity contribution in [1.29, 1.82) is 0 Å². The predicted molar refractivity (Wildman–Crippen MR) is 102 cm³/mol. The van der Waals surface area contributed by atoms with Crippen molar-refractivity contribution in [1.82, 2.24) is 4.72 Å². The number of aryl methyl sites for hydroxylation is 3. The Balaban J connectivity index is 2.05. The van der Waals surface area contributed by atoms with Crippen LogP contribution in [0.15, 0.2) is 41.3 Å². The molecule has 1 amide bonds. The van der Waals surface area contributed by atoms with Crippen LogP contribution in [0.4, 0.5) is 5.69 Å². The fraction of sp³-hybridized carbons (Fsp3) is 0.263. The van der Waals surface area contributed by atoms with Crippen molar-refractivity contribution in [3.63, 3.8) is 0 Å². The average molecular weight is 390 g/mol. The maximum atomic E-state index is 12.2. The number of carbonyl (C=O) groups is 2. The van der Waals surface area contributed by atoms with Crippen molar-refractivity contribution < 1.29 is 22.7 Å². The number of esters is 1. The Labute approximate surface area is 158 Å². The molecule has 0 saturated heterocycles. The minimum absolute atomic E-state index is 0.0650. The minimum Gasteiger partial charge on any atom is -0.452 e. The van der Waals surface area contributed by atoms with Gasteiger partial charge in [0.2, 0.25) is 10.0 Å². The summed E-state index contributed by atoms with van der Waals surface area (Å²) in [5, 5.41) is 2.53. The van der Waals surface area contributed by atoms with E-state index in [-0.39, 0.29) is 4.90 Å². The van der Waals surface area contributed by atoms with Gasteiger partial charge in [-0.3, -0.25) is 4.79 Å². The molecule has 0 aromatic heterocycles. The largest absolute Gasteiger partial charge is 0.452 e. The molecule has 0 saturated carbocycles. The van der Waals surface area contributed by atoms with E-state index in [1.165, 1.54) is 13.1 Å². The lowest BCUT2D eigenvalue weighted by molar-refractivity contribution is -0.119. The summed E-state index contributed by atoms with van der Waals surface area (Å²) in [7, 11) is -2.33. The molecule has 2 aromatic rings. The molecule has 7 nitrogen and oxygen atoms in total. The zero-order valence-corrected chi connectivity index (χ0v) is 16.4. The van der Waals surface area contributed by atoms with Crippen LogP contribution >= 0.6 is 0 Å². The lowest BCUT2D eigenvalue weighted by Crippen LogP contribution is -2.22. The Hall–Kier alpha value is -2.71. The fourth-order valence-corrected chi connectivity index (χ4v) is 3.43. The SMILES string of the molecule is CNS(=O)(=O)c1cc(NC(=O)COC(=O)c2cc(C)ccc2C)ccc1C. The molecule has 0 unspecified atom stereocenters. The smallest absolute Gasteiger partial charge is 0.338 e. The van der Waals surface area contributed by atoms with E-state index in [0.717, 1.165) is 11.1 Å². The van der Waals surface area contributed by atoms with Crippen molar-refractivity contribution in [3.05, 3.63) is 58.7 Å². The Morgan fingerprint density at radius 1 is 1.00 bits per heavy atom. The number of benzene rings is 2. The topological polar surface area (TPSA) is 102 Å². The van der Waals surface area contributed by atoms with Crippen molar-refractivity contribution in [2.45, 2.75) is 25.7 Å². The van der Waals surface area contributed by atoms with Crippen molar-refractivity contribution in [2.24, 2.45) is 0 Å². The first-order valence-corrected chi connectivity index (χ1v) is 9.71. The number of hydrogen-bond acceptors (Lipinski definition) is 5. The van der Waals surface area contributed by atoms with E-state index >= 15 is 0 Å². The summed E-state index contributed by atoms with van der Waals surface area (Å²) >= 11 is 0. The standard InChI is InChI=1S/C19H22N2O5S/c1-12-5-6-13(2)16(9-12)19(23)26-11-18(22)21-15-8-7-14(3)17(10-15)27(24,25)20-4/h5-10,20H,11H2,1-4H3,(H,21,22). The zero-order chi connectivity index (χ0) is 20.2. The normalized spacial score (nSPS) is 11.1. The Morgan fingerprint density at radius 2 is 1.67 bits per heavy atom. The van der Waals surface area contributed by atoms with Gasteiger partial charge >= 0.3 is 5.97 Å². The van der Waals surface area contributed by atoms with Crippen LogP contribution in [-0.2, 0) is 19.6 Å². The van der Waals surface area contributed by atoms with E-state index in [2.05, 4.69) is 10.0 Å². The van der Waals surface area contributed by atoms with E-state index in [1.54, 1.807) is 32.0 Å². The van der Waals surface area contributed by atoms with Crippen LogP contribution in [0.3, 0.4) is 0 Å². The molecular formula is C19H22N2O5S. The summed E-state index contributed by atoms with van der Waals surface area (Å²) in [5.41, 5.74) is 2.91. The van der Waals surface area contributed by atoms with Crippen molar-refractivity contribution >= 4 is 27.6 Å². The van der Waals surface area contributed by atoms with Crippen molar-refractivity contribution in [3.8, 4) is 0 Å². The second-order valence-electron chi connectivity index (χ2n) is 6.13. The molecule has 0 aliphatic carbocycles. The maximum absolute atomic E-state index is 12.2. The third kappa shape index (κ3) is 5.15. The first-order valence-electron chi connectivity index (χ1n) is 8.22. The lowest BCUT2D eigenvalue weighted by atomic mass is 10.1. The van der Waals surface area contributed by atoms with Gasteiger partial charge in [0.25, 0.3) is 5.91 Å². The van der Waals surface area contributed by atoms with Crippen LogP contribution in [0.25, 0.3) is 0 Å². The van der Waals surface area contributed by atoms with Crippen molar-refractivity contribution in [2.75, 3.05) is 19.0 Å². The van der Waals surface area contributed by atoms with Gasteiger partial charge in [0.05, 0.1) is 10.5 Å². The molecule has 0 heterocycles. The second kappa shape index (κ2) is 8.32. The van der Waals surface area contributed by atoms with E-state index in [4.69, 9.17) is 4.74 Å². The third-order valence-electron chi connectivity index (χ3n) is 3.98. The van der Waals surface area contributed by atoms with Crippen LogP contribution in [-0.4, -0.2) is 33.9 Å². The number of ether oxygens (including phenoxy) is 1. The number of carbonyl (C=O) groups excluding carboxylic acids is 2. The molecule has 8 heteroatoms. The predicted octanol–water partition coefficient (Wildman–Crippen LogP) is 2.32. The highest BCUT2D eigenvalue weighted by Gasteiger charge is 2.17. The monoisotopic (exact) mass is 390 g/mol. The molecule has 2 rings (SSSR count). The highest BCUT2D eigenvalue weighted by atomic mass is 32.2. The summed E-state index contributed by atoms with van der Waals surface area (Å²) in [4.78, 5) is 24.3. The van der Waals surface area contributed by atoms with Crippen LogP contribution in [0.2, 0.25) is 0 Å². The Morgan fingerprint density at radius 3 is 2.33 bits per heavy atom. The number of anilines is 1. The molecule has 0 fully saturated rings. The van der Waals surface area contributed by atoms with Gasteiger partial charge in [-0.05, 0) is 57.1 Å². The fourth-order valence-electron chi connectivity index (χ4n) is 2.44. The summed E-state index contributed by atoms with van der Waals surface area (Å²) in [6.07, 6.45) is 0. The van der Waals surface area contributed by atoms with Gasteiger partial charge in [-0.2, -0.15) is 0 Å². The number of amides is 1. The van der Waals surface area contributed by atoms with Gasteiger partial charge in [-0.25, -0.2) is 17.9 Å². The Bertz CT molecular complexity index is 984. The summed E-state index contributed by atoms with van der Waals surface area (Å²) in [5.74, 6) is -1.15. The molecule has 0 radical (unpaired) electrons. The molecule has 0 spiro atoms. The molecule has 2 aromatic carbocycles. The average Bonchev–Trinajstić information content (AvgIpc) is 2.63. The van der Waals surface area contributed by atoms with E-state index in [9.17, 15) is 18.0 Å². The first-order chi connectivity index (χ1) is 12.6. The lowest BCUT2D eigenvalue weighted by Gasteiger charge is -2.11. The molecule has 144 valence electrons. The molecular weight excluding hydrogens is 368 g/mol. The van der Waals surface area contributed by atoms with Gasteiger partial charge in [0.1, 0.15) is 0 Å². The summed E-state index contributed by atoms with van der Waals surface area (Å²) in [6.45, 7) is 4.82. The minimum atomic E-state index is -3.64. The van der Waals surface area contributed by atoms with Gasteiger partial charge in [-0.15, -0.1) is 0 Å². The summed E-state index contributed by atoms with van der Waals surface area (Å²) < 4.78 is 31.3. The van der Waals surface area contributed by atoms with Gasteiger partial charge in [0.15, 0.2) is 6.61 Å². The van der Waals surface area contributed by atoms with Crippen LogP contribution in [0.1, 0.15) is 27.0 Å². The molecule has 0 bridgehead atoms. The number of nitrogens with one attached hydrogen (secondary N) is 2. The maximum Gasteiger partial charge on any atom is 0.338 e. The van der Waals surface area contributed by atoms with E-state index in [1.807, 2.05) is 19.1 Å². The quantitative estimate of drug-likeness (QED) is 0.737. The van der Waals surface area contributed by atoms with E-state index < -0.39 is 28.5 Å². The van der Waals surface area contributed by atoms with Gasteiger partial charge < -0.3 is 10.1 Å². The zero-order valence-electron chi connectivity index (χ0n) is 15.6. The molecule has 0 aliphatic heterocycles. The molecule has 2 N–H and O–H groups in total. The highest BCUT2D eigenvalue weighted by Crippen LogP contribution is 2.20.